The number of alkyl halides is 3. The lowest BCUT2D eigenvalue weighted by Gasteiger charge is -2.25. The molecule has 2 aromatic rings. The normalized spacial score (nSPS) is 12.4. The minimum atomic E-state index is -4.45. The summed E-state index contributed by atoms with van der Waals surface area (Å²) in [4.78, 5) is 24.8. The summed E-state index contributed by atoms with van der Waals surface area (Å²) in [6, 6.07) is 4.93. The van der Waals surface area contributed by atoms with Gasteiger partial charge in [0.05, 0.1) is 18.7 Å². The van der Waals surface area contributed by atoms with Crippen molar-refractivity contribution in [1.82, 2.24) is 14.3 Å². The number of Topliss-reactive ketones (excluding diaryl/α,β-unsaturated/α-hetero) is 1. The zero-order valence-corrected chi connectivity index (χ0v) is 17.3. The van der Waals surface area contributed by atoms with Crippen molar-refractivity contribution in [2.75, 3.05) is 13.7 Å². The van der Waals surface area contributed by atoms with E-state index in [1.807, 2.05) is 0 Å². The highest BCUT2D eigenvalue weighted by Crippen LogP contribution is 2.34. The summed E-state index contributed by atoms with van der Waals surface area (Å²) in [6.45, 7) is 3.70. The van der Waals surface area contributed by atoms with Gasteiger partial charge < -0.3 is 4.74 Å². The van der Waals surface area contributed by atoms with Gasteiger partial charge >= 0.3 is 11.9 Å². The molecule has 0 N–H and O–H groups in total. The molecule has 1 aromatic heterocycles. The first kappa shape index (κ1) is 22.4. The van der Waals surface area contributed by atoms with Crippen molar-refractivity contribution in [2.24, 2.45) is 0 Å². The number of methoxy groups -OCH3 is 1. The first-order valence-corrected chi connectivity index (χ1v) is 9.26. The second-order valence-corrected chi connectivity index (χ2v) is 7.74. The number of hydrogen-bond acceptors (Lipinski definition) is 4. The summed E-state index contributed by atoms with van der Waals surface area (Å²) in [7, 11) is 1.50. The monoisotopic (exact) mass is 463 g/mol. The maximum Gasteiger partial charge on any atom is 0.416 e. The molecule has 0 fully saturated rings. The molecule has 0 radical (unpaired) electrons. The molecule has 0 saturated heterocycles. The molecule has 28 heavy (non-hydrogen) atoms. The molecule has 0 aliphatic carbocycles. The Morgan fingerprint density at radius 2 is 1.89 bits per heavy atom. The Morgan fingerprint density at radius 1 is 1.25 bits per heavy atom. The van der Waals surface area contributed by atoms with Crippen LogP contribution in [-0.4, -0.2) is 33.8 Å². The van der Waals surface area contributed by atoms with E-state index in [2.05, 4.69) is 21.0 Å². The Morgan fingerprint density at radius 3 is 2.50 bits per heavy atom. The molecule has 0 spiro atoms. The van der Waals surface area contributed by atoms with Crippen LogP contribution < -0.4 is 5.69 Å². The van der Waals surface area contributed by atoms with E-state index in [9.17, 15) is 22.8 Å². The zero-order valence-electron chi connectivity index (χ0n) is 15.7. The van der Waals surface area contributed by atoms with Crippen molar-refractivity contribution in [3.63, 3.8) is 0 Å². The molecule has 0 unspecified atom stereocenters. The van der Waals surface area contributed by atoms with Crippen molar-refractivity contribution in [3.8, 4) is 0 Å². The summed E-state index contributed by atoms with van der Waals surface area (Å²) >= 11 is 3.17. The van der Waals surface area contributed by atoms with Crippen LogP contribution in [0.3, 0.4) is 0 Å². The molecule has 0 saturated carbocycles. The average Bonchev–Trinajstić information content (AvgIpc) is 2.85. The number of rotatable bonds is 8. The fourth-order valence-corrected chi connectivity index (χ4v) is 3.34. The Bertz CT molecular complexity index is 903. The zero-order chi connectivity index (χ0) is 21.1. The summed E-state index contributed by atoms with van der Waals surface area (Å²) in [6.07, 6.45) is -4.49. The van der Waals surface area contributed by atoms with Gasteiger partial charge in [-0.05, 0) is 33.0 Å². The van der Waals surface area contributed by atoms with E-state index in [1.54, 1.807) is 19.9 Å². The predicted molar refractivity (Wildman–Crippen MR) is 100 cm³/mol. The van der Waals surface area contributed by atoms with Crippen LogP contribution in [0, 0.1) is 0 Å². The van der Waals surface area contributed by atoms with Crippen LogP contribution in [0.5, 0.6) is 0 Å². The van der Waals surface area contributed by atoms with Crippen LogP contribution in [0.4, 0.5) is 13.2 Å². The largest absolute Gasteiger partial charge is 0.416 e. The first-order valence-electron chi connectivity index (χ1n) is 8.47. The van der Waals surface area contributed by atoms with Crippen molar-refractivity contribution < 1.29 is 22.7 Å². The second kappa shape index (κ2) is 8.60. The predicted octanol–water partition coefficient (Wildman–Crippen LogP) is 3.41. The number of halogens is 4. The van der Waals surface area contributed by atoms with Crippen molar-refractivity contribution in [3.05, 3.63) is 50.6 Å². The van der Waals surface area contributed by atoms with Crippen LogP contribution in [0.15, 0.2) is 33.8 Å². The molecule has 6 nitrogen and oxygen atoms in total. The number of nitrogens with zero attached hydrogens (tertiary/aromatic N) is 3. The third-order valence-corrected chi connectivity index (χ3v) is 4.92. The standard InChI is InChI=1S/C18H21BrF3N3O3/c1-17(2,12-5-4-6-13(9-12)18(20,21)22)10-14(26)11-25-16(27)24(7-8-28-3)15(19)23-25/h4-6,9H,7-8,10-11H2,1-3H3. The maximum absolute atomic E-state index is 13.0. The lowest BCUT2D eigenvalue weighted by Crippen LogP contribution is -2.31. The number of hydrogen-bond donors (Lipinski definition) is 0. The lowest BCUT2D eigenvalue weighted by atomic mass is 9.79. The first-order chi connectivity index (χ1) is 13.0. The fourth-order valence-electron chi connectivity index (χ4n) is 2.82. The molecule has 0 aliphatic heterocycles. The molecular formula is C18H21BrF3N3O3. The number of aromatic nitrogens is 3. The topological polar surface area (TPSA) is 66.1 Å². The molecular weight excluding hydrogens is 443 g/mol. The van der Waals surface area contributed by atoms with Crippen molar-refractivity contribution in [1.29, 1.82) is 0 Å². The molecule has 1 aromatic carbocycles. The third-order valence-electron chi connectivity index (χ3n) is 4.33. The van der Waals surface area contributed by atoms with E-state index >= 15 is 0 Å². The Hall–Kier alpha value is -1.94. The third kappa shape index (κ3) is 5.32. The fraction of sp³-hybridized carbons (Fsp3) is 0.500. The number of ether oxygens (including phenoxy) is 1. The van der Waals surface area contributed by atoms with Crippen molar-refractivity contribution in [2.45, 2.75) is 44.9 Å². The molecule has 0 aliphatic rings. The van der Waals surface area contributed by atoms with Gasteiger partial charge in [0.15, 0.2) is 5.78 Å². The van der Waals surface area contributed by atoms with Gasteiger partial charge in [0.1, 0.15) is 6.54 Å². The quantitative estimate of drug-likeness (QED) is 0.601. The average molecular weight is 464 g/mol. The van der Waals surface area contributed by atoms with Crippen molar-refractivity contribution >= 4 is 21.7 Å². The molecule has 2 rings (SSSR count). The van der Waals surface area contributed by atoms with Gasteiger partial charge in [-0.3, -0.25) is 9.36 Å². The highest BCUT2D eigenvalue weighted by atomic mass is 79.9. The summed E-state index contributed by atoms with van der Waals surface area (Å²) in [5, 5.41) is 4.01. The summed E-state index contributed by atoms with van der Waals surface area (Å²) < 4.78 is 46.4. The van der Waals surface area contributed by atoms with E-state index in [-0.39, 0.29) is 30.0 Å². The Labute approximate surface area is 168 Å². The minimum absolute atomic E-state index is 0.0384. The molecule has 0 bridgehead atoms. The van der Waals surface area contributed by atoms with Gasteiger partial charge in [-0.2, -0.15) is 13.2 Å². The van der Waals surface area contributed by atoms with Crippen LogP contribution in [0.25, 0.3) is 0 Å². The van der Waals surface area contributed by atoms with E-state index in [0.717, 1.165) is 16.8 Å². The Kier molecular flexibility index (Phi) is 6.87. The number of ketones is 1. The molecule has 0 amide bonds. The number of benzene rings is 1. The summed E-state index contributed by atoms with van der Waals surface area (Å²) in [5.74, 6) is -0.312. The van der Waals surface area contributed by atoms with Crippen LogP contribution >= 0.6 is 15.9 Å². The van der Waals surface area contributed by atoms with Gasteiger partial charge in [0, 0.05) is 13.5 Å². The van der Waals surface area contributed by atoms with Gasteiger partial charge in [-0.25, -0.2) is 9.48 Å². The second-order valence-electron chi connectivity index (χ2n) is 7.03. The molecule has 1 heterocycles. The van der Waals surface area contributed by atoms with Crippen LogP contribution in [0.2, 0.25) is 0 Å². The van der Waals surface area contributed by atoms with E-state index < -0.39 is 22.8 Å². The maximum atomic E-state index is 13.0. The Balaban J connectivity index is 2.15. The number of carbonyl (C=O) groups is 1. The van der Waals surface area contributed by atoms with Gasteiger partial charge in [-0.15, -0.1) is 5.10 Å². The summed E-state index contributed by atoms with van der Waals surface area (Å²) in [5.41, 5.74) is -1.66. The lowest BCUT2D eigenvalue weighted by molar-refractivity contribution is -0.137. The minimum Gasteiger partial charge on any atom is -0.383 e. The molecule has 154 valence electrons. The van der Waals surface area contributed by atoms with Gasteiger partial charge in [-0.1, -0.05) is 32.0 Å². The smallest absolute Gasteiger partial charge is 0.383 e. The highest BCUT2D eigenvalue weighted by Gasteiger charge is 2.33. The highest BCUT2D eigenvalue weighted by molar-refractivity contribution is 9.10. The van der Waals surface area contributed by atoms with E-state index in [4.69, 9.17) is 4.74 Å². The van der Waals surface area contributed by atoms with Crippen LogP contribution in [0.1, 0.15) is 31.4 Å². The molecule has 0 atom stereocenters. The van der Waals surface area contributed by atoms with Gasteiger partial charge in [0.25, 0.3) is 0 Å². The SMILES string of the molecule is COCCn1c(Br)nn(CC(=O)CC(C)(C)c2cccc(C(F)(F)F)c2)c1=O. The van der Waals surface area contributed by atoms with Gasteiger partial charge in [0.2, 0.25) is 4.73 Å². The molecule has 10 heteroatoms. The van der Waals surface area contributed by atoms with E-state index in [0.29, 0.717) is 12.2 Å². The van der Waals surface area contributed by atoms with Crippen LogP contribution in [-0.2, 0) is 34.2 Å². The number of carbonyl (C=O) groups excluding carboxylic acids is 1. The van der Waals surface area contributed by atoms with E-state index in [1.165, 1.54) is 17.7 Å².